The largest absolute Gasteiger partial charge is 0.460 e. The van der Waals surface area contributed by atoms with E-state index in [1.54, 1.807) is 26.8 Å². The maximum absolute atomic E-state index is 8.95. The van der Waals surface area contributed by atoms with Crippen LogP contribution in [0.4, 0.5) is 0 Å². The summed E-state index contributed by atoms with van der Waals surface area (Å²) in [5, 5.41) is 1.99. The van der Waals surface area contributed by atoms with E-state index in [-0.39, 0.29) is 23.0 Å². The molecule has 2 aliphatic heterocycles. The Morgan fingerprint density at radius 1 is 0.861 bits per heavy atom. The molecule has 0 spiro atoms. The Balaban J connectivity index is 1.45. The smallest absolute Gasteiger partial charge is 0.140 e. The van der Waals surface area contributed by atoms with Crippen molar-refractivity contribution in [1.29, 1.82) is 0 Å². The second kappa shape index (κ2) is 7.57. The van der Waals surface area contributed by atoms with E-state index >= 15 is 0 Å². The van der Waals surface area contributed by atoms with Crippen LogP contribution < -0.4 is 19.9 Å². The molecule has 3 nitrogen and oxygen atoms in total. The van der Waals surface area contributed by atoms with Gasteiger partial charge in [-0.05, 0) is 48.0 Å². The molecule has 0 N–H and O–H groups in total. The van der Waals surface area contributed by atoms with Gasteiger partial charge >= 0.3 is 0 Å². The Morgan fingerprint density at radius 2 is 1.56 bits per heavy atom. The summed E-state index contributed by atoms with van der Waals surface area (Å²) in [6.07, 6.45) is -0.623. The third kappa shape index (κ3) is 3.15. The minimum atomic E-state index is -2.51. The molecule has 7 rings (SSSR count). The molecule has 0 saturated heterocycles. The van der Waals surface area contributed by atoms with Crippen LogP contribution in [0.3, 0.4) is 0 Å². The quantitative estimate of drug-likeness (QED) is 0.344. The fourth-order valence-electron chi connectivity index (χ4n) is 5.71. The summed E-state index contributed by atoms with van der Waals surface area (Å²) in [7, 11) is 0. The highest BCUT2D eigenvalue weighted by Crippen LogP contribution is 2.58. The minimum absolute atomic E-state index is 0.0518. The second-order valence-corrected chi connectivity index (χ2v) is 10.7. The van der Waals surface area contributed by atoms with Crippen LogP contribution >= 0.6 is 0 Å². The van der Waals surface area contributed by atoms with E-state index in [1.165, 1.54) is 6.20 Å². The topological polar surface area (TPSA) is 31.4 Å². The van der Waals surface area contributed by atoms with Crippen LogP contribution in [0.1, 0.15) is 61.7 Å². The first-order valence-electron chi connectivity index (χ1n) is 14.8. The van der Waals surface area contributed by atoms with Crippen LogP contribution in [-0.2, 0) is 6.37 Å². The van der Waals surface area contributed by atoms with E-state index in [2.05, 4.69) is 29.2 Å². The molecular formula is C33H29NO2. The van der Waals surface area contributed by atoms with Crippen molar-refractivity contribution in [3.8, 4) is 22.8 Å². The molecule has 3 aromatic carbocycles. The van der Waals surface area contributed by atoms with Gasteiger partial charge in [0.1, 0.15) is 23.0 Å². The number of aromatic nitrogens is 1. The predicted molar refractivity (Wildman–Crippen MR) is 143 cm³/mol. The van der Waals surface area contributed by atoms with E-state index in [0.29, 0.717) is 17.0 Å². The van der Waals surface area contributed by atoms with E-state index in [0.717, 1.165) is 38.8 Å². The predicted octanol–water partition coefficient (Wildman–Crippen LogP) is 6.23. The van der Waals surface area contributed by atoms with Gasteiger partial charge in [0, 0.05) is 40.2 Å². The van der Waals surface area contributed by atoms with Gasteiger partial charge in [-0.15, -0.1) is 0 Å². The third-order valence-corrected chi connectivity index (χ3v) is 7.11. The molecule has 3 heteroatoms. The van der Waals surface area contributed by atoms with E-state index in [4.69, 9.17) is 16.3 Å². The molecule has 0 radical (unpaired) electrons. The maximum Gasteiger partial charge on any atom is 0.140 e. The van der Waals surface area contributed by atoms with Crippen LogP contribution in [-0.4, -0.2) is 4.98 Å². The lowest BCUT2D eigenvalue weighted by Crippen LogP contribution is -2.38. The minimum Gasteiger partial charge on any atom is -0.460 e. The molecule has 36 heavy (non-hydrogen) atoms. The second-order valence-electron chi connectivity index (χ2n) is 10.7. The van der Waals surface area contributed by atoms with Crippen LogP contribution in [0.15, 0.2) is 79.0 Å². The lowest BCUT2D eigenvalue weighted by molar-refractivity contribution is 0.410. The summed E-state index contributed by atoms with van der Waals surface area (Å²) in [6.45, 7) is 2.81. The Labute approximate surface area is 218 Å². The molecule has 0 saturated carbocycles. The monoisotopic (exact) mass is 476 g/mol. The van der Waals surface area contributed by atoms with Gasteiger partial charge in [0.2, 0.25) is 0 Å². The van der Waals surface area contributed by atoms with Crippen molar-refractivity contribution in [3.63, 3.8) is 0 Å². The van der Waals surface area contributed by atoms with Crippen LogP contribution in [0.5, 0.6) is 11.5 Å². The van der Waals surface area contributed by atoms with E-state index in [9.17, 15) is 0 Å². The summed E-state index contributed by atoms with van der Waals surface area (Å²) in [5.41, 5.74) is 2.47. The van der Waals surface area contributed by atoms with Gasteiger partial charge in [-0.2, -0.15) is 0 Å². The number of aryl methyl sites for hydroxylation is 1. The number of benzene rings is 3. The highest BCUT2D eigenvalue weighted by molar-refractivity contribution is 5.81. The molecule has 3 aliphatic rings. The Kier molecular flexibility index (Phi) is 3.52. The average Bonchev–Trinajstić information content (AvgIpc) is 3.51. The van der Waals surface area contributed by atoms with Gasteiger partial charge in [-0.25, -0.2) is 0 Å². The van der Waals surface area contributed by atoms with Gasteiger partial charge in [0.15, 0.2) is 0 Å². The highest BCUT2D eigenvalue weighted by atomic mass is 16.5. The fourth-order valence-corrected chi connectivity index (χ4v) is 5.71. The molecule has 0 fully saturated rings. The van der Waals surface area contributed by atoms with E-state index in [1.807, 2.05) is 42.5 Å². The summed E-state index contributed by atoms with van der Waals surface area (Å²) in [5.74, 6) is 3.11. The zero-order chi connectivity index (χ0) is 28.9. The number of hydrogen-bond acceptors (Lipinski definition) is 3. The number of hydrogen-bond donors (Lipinski definition) is 0. The Hall–Kier alpha value is -3.85. The lowest BCUT2D eigenvalue weighted by Gasteiger charge is -2.23. The summed E-state index contributed by atoms with van der Waals surface area (Å²) in [6, 6.07) is 23.8. The number of rotatable bonds is 2. The number of nitrogens with zero attached hydrogens (tertiary/aromatic N) is 1. The van der Waals surface area contributed by atoms with Gasteiger partial charge in [-0.3, -0.25) is 4.98 Å². The molecule has 1 aliphatic carbocycles. The van der Waals surface area contributed by atoms with Crippen molar-refractivity contribution < 1.29 is 16.3 Å². The number of fused-ring (bicyclic) bond motifs is 8. The van der Waals surface area contributed by atoms with E-state index < -0.39 is 18.6 Å². The molecule has 4 aromatic rings. The summed E-state index contributed by atoms with van der Waals surface area (Å²) < 4.78 is 55.3. The maximum atomic E-state index is 8.95. The first-order valence-corrected chi connectivity index (χ1v) is 12.3. The molecule has 2 unspecified atom stereocenters. The van der Waals surface area contributed by atoms with Crippen LogP contribution in [0.25, 0.3) is 22.8 Å². The molecule has 0 amide bonds. The standard InChI is InChI=1S/C33H29NO2/c1-19-18-34-26(16-20(19)17-33(2,3)4)23-13-9-14-25-29-28-24-12-7-8-15-27(24)35-31(28)21-10-5-6-11-22(21)32(29)36-30(23)25/h5-16,18,28-29H,17H2,1-4H3/i1D3,17D2. The third-order valence-electron chi connectivity index (χ3n) is 7.11. The van der Waals surface area contributed by atoms with Crippen molar-refractivity contribution in [3.05, 3.63) is 112 Å². The molecule has 178 valence electrons. The zero-order valence-electron chi connectivity index (χ0n) is 25.4. The van der Waals surface area contributed by atoms with Crippen molar-refractivity contribution in [2.24, 2.45) is 5.41 Å². The van der Waals surface area contributed by atoms with Crippen molar-refractivity contribution in [1.82, 2.24) is 4.98 Å². The summed E-state index contributed by atoms with van der Waals surface area (Å²) in [4.78, 5) is 4.57. The summed E-state index contributed by atoms with van der Waals surface area (Å²) >= 11 is 0. The molecule has 3 heterocycles. The highest BCUT2D eigenvalue weighted by Gasteiger charge is 2.47. The lowest BCUT2D eigenvalue weighted by atomic mass is 9.77. The van der Waals surface area contributed by atoms with Gasteiger partial charge in [-0.1, -0.05) is 75.4 Å². The van der Waals surface area contributed by atoms with Crippen LogP contribution in [0.2, 0.25) is 0 Å². The number of ether oxygens (including phenoxy) is 2. The molecule has 0 bridgehead atoms. The van der Waals surface area contributed by atoms with Crippen molar-refractivity contribution in [2.75, 3.05) is 0 Å². The number of para-hydroxylation sites is 2. The van der Waals surface area contributed by atoms with Gasteiger partial charge < -0.3 is 9.47 Å². The van der Waals surface area contributed by atoms with Gasteiger partial charge in [0.25, 0.3) is 0 Å². The molecule has 1 aromatic heterocycles. The average molecular weight is 477 g/mol. The normalized spacial score (nSPS) is 21.8. The fraction of sp³-hybridized carbons (Fsp3) is 0.242. The first kappa shape index (κ1) is 16.8. The Morgan fingerprint density at radius 3 is 2.33 bits per heavy atom. The van der Waals surface area contributed by atoms with Crippen molar-refractivity contribution >= 4 is 11.5 Å². The van der Waals surface area contributed by atoms with Gasteiger partial charge in [0.05, 0.1) is 17.5 Å². The molecule has 2 atom stereocenters. The Bertz CT molecular complexity index is 1870. The zero-order valence-corrected chi connectivity index (χ0v) is 20.4. The number of pyridine rings is 1. The van der Waals surface area contributed by atoms with Crippen molar-refractivity contribution in [2.45, 2.75) is 45.8 Å². The van der Waals surface area contributed by atoms with Crippen LogP contribution in [0, 0.1) is 12.3 Å². The first-order chi connectivity index (χ1) is 19.4. The SMILES string of the molecule is [2H]C([2H])([2H])c1cnc(-c2cccc3c2OC2=c4ccccc4=C4Oc5ccccc5C4C23)cc1C([2H])([2H])C(C)(C)C. The molecular weight excluding hydrogens is 442 g/mol.